The van der Waals surface area contributed by atoms with Crippen LogP contribution in [0.1, 0.15) is 44.9 Å². The Labute approximate surface area is 128 Å². The van der Waals surface area contributed by atoms with Gasteiger partial charge in [0.05, 0.1) is 0 Å². The molecule has 0 aliphatic heterocycles. The Bertz CT molecular complexity index is 420. The first-order chi connectivity index (χ1) is 10.3. The Morgan fingerprint density at radius 2 is 1.43 bits per heavy atom. The normalized spacial score (nSPS) is 59.7. The van der Waals surface area contributed by atoms with E-state index in [1.54, 1.807) is 0 Å². The number of fused-ring (bicyclic) bond motifs is 11. The lowest BCUT2D eigenvalue weighted by Crippen LogP contribution is -2.31. The molecule has 0 aromatic rings. The zero-order chi connectivity index (χ0) is 14.1. The number of aliphatic hydroxyl groups is 2. The van der Waals surface area contributed by atoms with E-state index < -0.39 is 0 Å². The van der Waals surface area contributed by atoms with Crippen molar-refractivity contribution in [1.82, 2.24) is 0 Å². The molecule has 5 rings (SSSR count). The first-order valence-electron chi connectivity index (χ1n) is 9.55. The van der Waals surface area contributed by atoms with E-state index in [4.69, 9.17) is 0 Å². The third-order valence-electron chi connectivity index (χ3n) is 8.80. The van der Waals surface area contributed by atoms with Crippen LogP contribution >= 0.6 is 0 Å². The molecule has 0 saturated heterocycles. The van der Waals surface area contributed by atoms with Gasteiger partial charge in [-0.05, 0) is 104 Å². The molecule has 10 atom stereocenters. The molecule has 118 valence electrons. The minimum Gasteiger partial charge on any atom is -0.396 e. The van der Waals surface area contributed by atoms with Crippen molar-refractivity contribution in [3.8, 4) is 0 Å². The van der Waals surface area contributed by atoms with Gasteiger partial charge in [-0.1, -0.05) is 0 Å². The molecule has 5 aliphatic rings. The average Bonchev–Trinajstić information content (AvgIpc) is 3.20. The molecule has 10 unspecified atom stereocenters. The zero-order valence-corrected chi connectivity index (χ0v) is 13.0. The van der Waals surface area contributed by atoms with Crippen molar-refractivity contribution in [2.45, 2.75) is 44.9 Å². The molecular weight excluding hydrogens is 260 g/mol. The van der Waals surface area contributed by atoms with Gasteiger partial charge in [0.2, 0.25) is 0 Å². The summed E-state index contributed by atoms with van der Waals surface area (Å²) in [6.45, 7) is 0.817. The molecule has 5 aliphatic carbocycles. The molecule has 2 nitrogen and oxygen atoms in total. The molecule has 5 fully saturated rings. The van der Waals surface area contributed by atoms with Gasteiger partial charge in [-0.2, -0.15) is 0 Å². The number of hydrogen-bond donors (Lipinski definition) is 2. The number of rotatable bonds is 4. The van der Waals surface area contributed by atoms with E-state index in [1.165, 1.54) is 32.1 Å². The van der Waals surface area contributed by atoms with Crippen molar-refractivity contribution >= 4 is 0 Å². The zero-order valence-electron chi connectivity index (χ0n) is 13.0. The summed E-state index contributed by atoms with van der Waals surface area (Å²) in [7, 11) is 0. The third-order valence-corrected chi connectivity index (χ3v) is 8.80. The maximum absolute atomic E-state index is 9.42. The lowest BCUT2D eigenvalue weighted by molar-refractivity contribution is 0.106. The van der Waals surface area contributed by atoms with Gasteiger partial charge in [0.25, 0.3) is 0 Å². The van der Waals surface area contributed by atoms with Crippen LogP contribution in [0.2, 0.25) is 0 Å². The summed E-state index contributed by atoms with van der Waals surface area (Å²) in [5, 5.41) is 18.7. The summed E-state index contributed by atoms with van der Waals surface area (Å²) in [5.41, 5.74) is 0. The minimum atomic E-state index is 0.405. The van der Waals surface area contributed by atoms with Crippen molar-refractivity contribution in [2.75, 3.05) is 13.2 Å². The SMILES string of the molecule is OCCC1CC2CC1C1CC3C4CCC(C4CCO)C3C21. The predicted octanol–water partition coefficient (Wildman–Crippen LogP) is 2.93. The van der Waals surface area contributed by atoms with Crippen LogP contribution in [0.3, 0.4) is 0 Å². The summed E-state index contributed by atoms with van der Waals surface area (Å²) >= 11 is 0. The summed E-state index contributed by atoms with van der Waals surface area (Å²) in [5.74, 6) is 9.76. The Balaban J connectivity index is 1.39. The first-order valence-corrected chi connectivity index (χ1v) is 9.55. The van der Waals surface area contributed by atoms with Crippen LogP contribution < -0.4 is 0 Å². The van der Waals surface area contributed by atoms with Crippen LogP contribution in [0.4, 0.5) is 0 Å². The molecule has 0 aromatic carbocycles. The highest BCUT2D eigenvalue weighted by atomic mass is 16.3. The molecule has 2 N–H and O–H groups in total. The summed E-state index contributed by atoms with van der Waals surface area (Å²) < 4.78 is 0. The maximum Gasteiger partial charge on any atom is 0.0433 e. The lowest BCUT2D eigenvalue weighted by Gasteiger charge is -2.36. The molecule has 0 heterocycles. The average molecular weight is 290 g/mol. The quantitative estimate of drug-likeness (QED) is 0.836. The van der Waals surface area contributed by atoms with Crippen LogP contribution in [-0.2, 0) is 0 Å². The lowest BCUT2D eigenvalue weighted by atomic mass is 9.69. The molecule has 0 aromatic heterocycles. The van der Waals surface area contributed by atoms with Crippen molar-refractivity contribution in [3.63, 3.8) is 0 Å². The van der Waals surface area contributed by atoms with E-state index in [0.717, 1.165) is 72.0 Å². The monoisotopic (exact) mass is 290 g/mol. The van der Waals surface area contributed by atoms with Gasteiger partial charge in [0.1, 0.15) is 0 Å². The number of aliphatic hydroxyl groups excluding tert-OH is 2. The summed E-state index contributed by atoms with van der Waals surface area (Å²) in [6.07, 6.45) is 9.52. The van der Waals surface area contributed by atoms with Gasteiger partial charge in [0.15, 0.2) is 0 Å². The standard InChI is InChI=1S/C19H30O2/c20-5-3-10-7-11-8-15(10)17-9-16-12-1-2-14(13(12)4-6-21)19(16)18(11)17/h10-21H,1-9H2. The molecule has 0 radical (unpaired) electrons. The Hall–Kier alpha value is -0.0800. The predicted molar refractivity (Wildman–Crippen MR) is 81.4 cm³/mol. The van der Waals surface area contributed by atoms with Crippen molar-refractivity contribution in [1.29, 1.82) is 0 Å². The number of hydrogen-bond acceptors (Lipinski definition) is 2. The molecule has 4 bridgehead atoms. The van der Waals surface area contributed by atoms with Gasteiger partial charge >= 0.3 is 0 Å². The fraction of sp³-hybridized carbons (Fsp3) is 1.00. The Morgan fingerprint density at radius 1 is 0.667 bits per heavy atom. The van der Waals surface area contributed by atoms with Gasteiger partial charge < -0.3 is 10.2 Å². The highest BCUT2D eigenvalue weighted by Crippen LogP contribution is 2.73. The van der Waals surface area contributed by atoms with E-state index in [1.807, 2.05) is 0 Å². The smallest absolute Gasteiger partial charge is 0.0433 e. The highest BCUT2D eigenvalue weighted by Gasteiger charge is 2.67. The second-order valence-corrected chi connectivity index (χ2v) is 8.97. The van der Waals surface area contributed by atoms with Crippen molar-refractivity contribution in [3.05, 3.63) is 0 Å². The highest BCUT2D eigenvalue weighted by molar-refractivity contribution is 5.15. The van der Waals surface area contributed by atoms with E-state index in [0.29, 0.717) is 13.2 Å². The third kappa shape index (κ3) is 1.62. The Morgan fingerprint density at radius 3 is 2.24 bits per heavy atom. The summed E-state index contributed by atoms with van der Waals surface area (Å²) in [6, 6.07) is 0. The van der Waals surface area contributed by atoms with E-state index in [9.17, 15) is 10.2 Å². The Kier molecular flexibility index (Phi) is 3.00. The molecule has 5 saturated carbocycles. The van der Waals surface area contributed by atoms with E-state index >= 15 is 0 Å². The second kappa shape index (κ2) is 4.71. The largest absolute Gasteiger partial charge is 0.396 e. The van der Waals surface area contributed by atoms with Crippen LogP contribution in [0.15, 0.2) is 0 Å². The molecule has 0 amide bonds. The maximum atomic E-state index is 9.42. The fourth-order valence-electron chi connectivity index (χ4n) is 8.64. The van der Waals surface area contributed by atoms with Crippen LogP contribution in [0.25, 0.3) is 0 Å². The van der Waals surface area contributed by atoms with Crippen LogP contribution in [0, 0.1) is 59.2 Å². The van der Waals surface area contributed by atoms with Gasteiger partial charge in [-0.25, -0.2) is 0 Å². The molecule has 2 heteroatoms. The topological polar surface area (TPSA) is 40.5 Å². The first kappa shape index (κ1) is 13.4. The van der Waals surface area contributed by atoms with Crippen LogP contribution in [-0.4, -0.2) is 23.4 Å². The molecule has 0 spiro atoms. The van der Waals surface area contributed by atoms with Crippen molar-refractivity contribution in [2.24, 2.45) is 59.2 Å². The molecular formula is C19H30O2. The van der Waals surface area contributed by atoms with Gasteiger partial charge in [0, 0.05) is 13.2 Å². The van der Waals surface area contributed by atoms with Crippen LogP contribution in [0.5, 0.6) is 0 Å². The fourth-order valence-corrected chi connectivity index (χ4v) is 8.64. The van der Waals surface area contributed by atoms with Crippen molar-refractivity contribution < 1.29 is 10.2 Å². The summed E-state index contributed by atoms with van der Waals surface area (Å²) in [4.78, 5) is 0. The minimum absolute atomic E-state index is 0.405. The van der Waals surface area contributed by atoms with Gasteiger partial charge in [-0.15, -0.1) is 0 Å². The van der Waals surface area contributed by atoms with E-state index in [-0.39, 0.29) is 0 Å². The molecule has 21 heavy (non-hydrogen) atoms. The second-order valence-electron chi connectivity index (χ2n) is 8.97. The van der Waals surface area contributed by atoms with E-state index in [2.05, 4.69) is 0 Å². The van der Waals surface area contributed by atoms with Gasteiger partial charge in [-0.3, -0.25) is 0 Å².